The van der Waals surface area contributed by atoms with Gasteiger partial charge in [0.2, 0.25) is 10.0 Å². The molecule has 1 saturated carbocycles. The number of aryl methyl sites for hydroxylation is 1. The fraction of sp³-hybridized carbons (Fsp3) is 0.690. The van der Waals surface area contributed by atoms with Crippen LogP contribution in [0.15, 0.2) is 36.4 Å². The molecule has 0 radical (unpaired) electrons. The fourth-order valence-electron chi connectivity index (χ4n) is 9.10. The van der Waals surface area contributed by atoms with Gasteiger partial charge in [0.15, 0.2) is 0 Å². The summed E-state index contributed by atoms with van der Waals surface area (Å²) in [6.07, 6.45) is 7.73. The van der Waals surface area contributed by atoms with Crippen molar-refractivity contribution in [3.05, 3.63) is 58.1 Å². The van der Waals surface area contributed by atoms with Gasteiger partial charge < -0.3 is 24.4 Å². The van der Waals surface area contributed by atoms with Gasteiger partial charge in [0.25, 0.3) is 5.91 Å². The molecule has 2 fully saturated rings. The second-order valence-electron chi connectivity index (χ2n) is 16.5. The van der Waals surface area contributed by atoms with E-state index in [2.05, 4.69) is 33.3 Å². The highest BCUT2D eigenvalue weighted by Crippen LogP contribution is 2.46. The molecule has 3 aliphatic heterocycles. The van der Waals surface area contributed by atoms with Gasteiger partial charge in [-0.15, -0.1) is 0 Å². The van der Waals surface area contributed by atoms with Gasteiger partial charge in [-0.25, -0.2) is 13.1 Å². The molecule has 0 spiro atoms. The van der Waals surface area contributed by atoms with Crippen LogP contribution < -0.4 is 14.4 Å². The van der Waals surface area contributed by atoms with Gasteiger partial charge in [-0.1, -0.05) is 37.9 Å². The van der Waals surface area contributed by atoms with Gasteiger partial charge in [-0.05, 0) is 138 Å². The Morgan fingerprint density at radius 1 is 1.04 bits per heavy atom. The van der Waals surface area contributed by atoms with Crippen molar-refractivity contribution in [1.29, 1.82) is 0 Å². The lowest BCUT2D eigenvalue weighted by molar-refractivity contribution is -0.106. The van der Waals surface area contributed by atoms with Gasteiger partial charge in [-0.2, -0.15) is 0 Å². The van der Waals surface area contributed by atoms with E-state index in [0.29, 0.717) is 49.2 Å². The number of morpholine rings is 1. The average molecular weight is 788 g/mol. The van der Waals surface area contributed by atoms with Crippen molar-refractivity contribution in [2.24, 2.45) is 17.8 Å². The minimum Gasteiger partial charge on any atom is -0.487 e. The summed E-state index contributed by atoms with van der Waals surface area (Å²) < 4.78 is 41.7. The van der Waals surface area contributed by atoms with Crippen LogP contribution in [0.1, 0.15) is 101 Å². The Hall–Kier alpha value is -2.41. The number of fused-ring (bicyclic) bond motifs is 3. The molecule has 1 amide bonds. The third-order valence-corrected chi connectivity index (χ3v) is 15.2. The molecule has 2 bridgehead atoms. The molecule has 54 heavy (non-hydrogen) atoms. The van der Waals surface area contributed by atoms with Gasteiger partial charge >= 0.3 is 0 Å². The average Bonchev–Trinajstić information content (AvgIpc) is 3.17. The summed E-state index contributed by atoms with van der Waals surface area (Å²) in [7, 11) is -3.96. The van der Waals surface area contributed by atoms with Gasteiger partial charge in [-0.3, -0.25) is 9.69 Å². The van der Waals surface area contributed by atoms with Crippen molar-refractivity contribution in [1.82, 2.24) is 14.5 Å². The van der Waals surface area contributed by atoms with Crippen LogP contribution in [0.5, 0.6) is 5.75 Å². The summed E-state index contributed by atoms with van der Waals surface area (Å²) in [5.74, 6) is 0.190. The van der Waals surface area contributed by atoms with Crippen molar-refractivity contribution < 1.29 is 27.8 Å². The zero-order valence-electron chi connectivity index (χ0n) is 32.9. The number of sulfonamides is 1. The predicted molar refractivity (Wildman–Crippen MR) is 216 cm³/mol. The topological polar surface area (TPSA) is 112 Å². The fourth-order valence-corrected chi connectivity index (χ4v) is 10.6. The quantitative estimate of drug-likeness (QED) is 0.324. The Morgan fingerprint density at radius 2 is 1.83 bits per heavy atom. The maximum Gasteiger partial charge on any atom is 0.264 e. The summed E-state index contributed by atoms with van der Waals surface area (Å²) in [6, 6.07) is 11.6. The van der Waals surface area contributed by atoms with Crippen LogP contribution in [0.4, 0.5) is 5.69 Å². The molecule has 12 heteroatoms. The van der Waals surface area contributed by atoms with Gasteiger partial charge in [0.05, 0.1) is 29.8 Å². The lowest BCUT2D eigenvalue weighted by Gasteiger charge is -2.51. The monoisotopic (exact) mass is 786 g/mol. The number of carbonyl (C=O) groups is 1. The molecule has 300 valence electrons. The van der Waals surface area contributed by atoms with Crippen molar-refractivity contribution in [2.45, 2.75) is 109 Å². The van der Waals surface area contributed by atoms with Crippen LogP contribution in [0.2, 0.25) is 5.02 Å². The molecule has 1 aliphatic carbocycles. The number of rotatable bonds is 7. The highest BCUT2D eigenvalue weighted by molar-refractivity contribution is 7.90. The molecular weight excluding hydrogens is 724 g/mol. The predicted octanol–water partition coefficient (Wildman–Crippen LogP) is 6.52. The van der Waals surface area contributed by atoms with Gasteiger partial charge in [0, 0.05) is 49.4 Å². The number of carbonyl (C=O) groups excluding carboxylic acids is 1. The smallest absolute Gasteiger partial charge is 0.264 e. The Bertz CT molecular complexity index is 1690. The molecular formula is C42H63ClN4O6S. The van der Waals surface area contributed by atoms with Crippen molar-refractivity contribution in [3.63, 3.8) is 0 Å². The minimum absolute atomic E-state index is 0.105. The lowest BCUT2D eigenvalue weighted by atomic mass is 9.62. The van der Waals surface area contributed by atoms with Crippen molar-refractivity contribution >= 4 is 33.2 Å². The van der Waals surface area contributed by atoms with E-state index in [1.54, 1.807) is 25.1 Å². The first-order valence-corrected chi connectivity index (χ1v) is 22.4. The van der Waals surface area contributed by atoms with Crippen LogP contribution in [0, 0.1) is 17.8 Å². The largest absolute Gasteiger partial charge is 0.487 e. The summed E-state index contributed by atoms with van der Waals surface area (Å²) in [5, 5.41) is 12.8. The summed E-state index contributed by atoms with van der Waals surface area (Å²) in [6.45, 7) is 15.8. The number of benzene rings is 2. The lowest BCUT2D eigenvalue weighted by Crippen LogP contribution is -2.56. The van der Waals surface area contributed by atoms with E-state index >= 15 is 0 Å². The molecule has 10 nitrogen and oxygen atoms in total. The van der Waals surface area contributed by atoms with E-state index < -0.39 is 26.8 Å². The first-order chi connectivity index (χ1) is 25.9. The first kappa shape index (κ1) is 41.2. The first-order valence-electron chi connectivity index (χ1n) is 20.5. The van der Waals surface area contributed by atoms with Crippen molar-refractivity contribution in [3.8, 4) is 5.75 Å². The number of halogens is 1. The Balaban J connectivity index is 1.31. The maximum absolute atomic E-state index is 13.6. The number of nitrogens with zero attached hydrogens (tertiary/aromatic N) is 3. The molecule has 4 aliphatic rings. The summed E-state index contributed by atoms with van der Waals surface area (Å²) >= 11 is 6.40. The molecule has 0 aromatic heterocycles. The van der Waals surface area contributed by atoms with Crippen LogP contribution in [-0.4, -0.2) is 105 Å². The number of anilines is 1. The number of nitrogens with one attached hydrogen (secondary N) is 1. The molecule has 1 saturated heterocycles. The van der Waals surface area contributed by atoms with Crippen LogP contribution in [0.3, 0.4) is 0 Å². The van der Waals surface area contributed by atoms with E-state index in [0.717, 1.165) is 102 Å². The third kappa shape index (κ3) is 9.93. The zero-order chi connectivity index (χ0) is 38.5. The Labute approximate surface area is 328 Å². The van der Waals surface area contributed by atoms with E-state index in [1.807, 2.05) is 25.1 Å². The van der Waals surface area contributed by atoms with E-state index in [-0.39, 0.29) is 23.3 Å². The molecule has 6 atom stereocenters. The maximum atomic E-state index is 13.6. The summed E-state index contributed by atoms with van der Waals surface area (Å²) in [4.78, 5) is 20.9. The van der Waals surface area contributed by atoms with Gasteiger partial charge in [0.1, 0.15) is 12.4 Å². The molecule has 3 heterocycles. The highest BCUT2D eigenvalue weighted by atomic mass is 35.5. The minimum atomic E-state index is -3.96. The van der Waals surface area contributed by atoms with Crippen LogP contribution in [-0.2, 0) is 27.8 Å². The second-order valence-corrected chi connectivity index (χ2v) is 19.0. The zero-order valence-corrected chi connectivity index (χ0v) is 34.5. The van der Waals surface area contributed by atoms with Crippen LogP contribution >= 0.6 is 11.6 Å². The number of hydrogen-bond donors (Lipinski definition) is 2. The van der Waals surface area contributed by atoms with E-state index in [1.165, 1.54) is 5.56 Å². The Kier molecular flexibility index (Phi) is 13.9. The SMILES string of the molecule is CCN(CCC(C)N1CCOCC1)CC1(O)CCC[C@H](C)[C@@H](C)S(=O)(=O)NC(=O)c2ccc3c(c2)N(CCCCc2cc(Cl)ccc2CO3)C[C@@H]2CC[C@H]21. The number of ether oxygens (including phenoxy) is 2. The molecule has 2 unspecified atom stereocenters. The number of amides is 1. The number of aliphatic hydroxyl groups is 1. The van der Waals surface area contributed by atoms with Crippen LogP contribution in [0.25, 0.3) is 0 Å². The molecule has 2 N–H and O–H groups in total. The number of hydrogen-bond acceptors (Lipinski definition) is 9. The van der Waals surface area contributed by atoms with E-state index in [9.17, 15) is 18.3 Å². The van der Waals surface area contributed by atoms with Crippen molar-refractivity contribution in [2.75, 3.05) is 63.9 Å². The Morgan fingerprint density at radius 3 is 2.57 bits per heavy atom. The molecule has 2 aromatic carbocycles. The highest BCUT2D eigenvalue weighted by Gasteiger charge is 2.47. The second kappa shape index (κ2) is 18.2. The third-order valence-electron chi connectivity index (χ3n) is 13.1. The summed E-state index contributed by atoms with van der Waals surface area (Å²) in [5.41, 5.74) is 2.41. The normalized spacial score (nSPS) is 29.1. The molecule has 2 aromatic rings. The molecule has 6 rings (SSSR count). The number of likely N-dealkylation sites (N-methyl/N-ethyl adjacent to an activating group) is 1. The van der Waals surface area contributed by atoms with E-state index in [4.69, 9.17) is 21.1 Å². The standard InChI is InChI=1S/C42H63ClN4O6S/c1-5-45(20-17-31(3)46-21-23-52-24-22-46)29-42(49)18-8-9-30(2)32(4)54(50,51)44-41(48)34-13-16-40-39(26-34)47(27-35-12-15-38(35)42)19-7-6-10-33-25-37(43)14-11-36(33)28-53-40/h11,13-14,16,25-26,30-32,35,38,49H,5-10,12,15,17-24,27-29H2,1-4H3,(H,44,48)/t30-,31?,32+,35-,38+,42?/m0/s1.